The minimum atomic E-state index is 0.682. The number of hydrogen-bond acceptors (Lipinski definition) is 3. The van der Waals surface area contributed by atoms with Crippen LogP contribution in [0, 0.1) is 27.7 Å². The van der Waals surface area contributed by atoms with Crippen molar-refractivity contribution in [1.29, 1.82) is 0 Å². The highest BCUT2D eigenvalue weighted by molar-refractivity contribution is 5.07. The first-order valence-electron chi connectivity index (χ1n) is 6.66. The summed E-state index contributed by atoms with van der Waals surface area (Å²) in [4.78, 5) is 0. The maximum atomic E-state index is 5.65. The first-order valence-corrected chi connectivity index (χ1v) is 6.66. The van der Waals surface area contributed by atoms with Gasteiger partial charge in [-0.1, -0.05) is 0 Å². The molecule has 0 aliphatic heterocycles. The summed E-state index contributed by atoms with van der Waals surface area (Å²) in [6, 6.07) is 4.16. The predicted molar refractivity (Wildman–Crippen MR) is 74.2 cm³/mol. The van der Waals surface area contributed by atoms with E-state index in [2.05, 4.69) is 36.2 Å². The first-order chi connectivity index (χ1) is 9.06. The third kappa shape index (κ3) is 3.67. The zero-order chi connectivity index (χ0) is 13.8. The van der Waals surface area contributed by atoms with Crippen molar-refractivity contribution < 1.29 is 4.74 Å². The van der Waals surface area contributed by atoms with Gasteiger partial charge in [0.1, 0.15) is 0 Å². The van der Waals surface area contributed by atoms with E-state index in [1.807, 2.05) is 23.2 Å². The topological polar surface area (TPSA) is 44.9 Å². The van der Waals surface area contributed by atoms with Crippen molar-refractivity contribution in [2.75, 3.05) is 13.2 Å². The van der Waals surface area contributed by atoms with Crippen molar-refractivity contribution in [3.63, 3.8) is 0 Å². The second kappa shape index (κ2) is 6.02. The molecule has 0 unspecified atom stereocenters. The van der Waals surface area contributed by atoms with Gasteiger partial charge in [0.25, 0.3) is 0 Å². The number of aryl methyl sites for hydroxylation is 4. The SMILES string of the molecule is Cc1cc(C)n(CCOCCn2nc(C)cc2C)n1. The lowest BCUT2D eigenvalue weighted by molar-refractivity contribution is 0.113. The molecule has 104 valence electrons. The van der Waals surface area contributed by atoms with Crippen LogP contribution < -0.4 is 0 Å². The Morgan fingerprint density at radius 3 is 1.58 bits per heavy atom. The molecule has 0 fully saturated rings. The van der Waals surface area contributed by atoms with Crippen molar-refractivity contribution in [2.24, 2.45) is 0 Å². The zero-order valence-electron chi connectivity index (χ0n) is 12.2. The van der Waals surface area contributed by atoms with Crippen molar-refractivity contribution >= 4 is 0 Å². The molecule has 0 aromatic carbocycles. The van der Waals surface area contributed by atoms with Gasteiger partial charge in [-0.05, 0) is 39.8 Å². The van der Waals surface area contributed by atoms with Crippen LogP contribution >= 0.6 is 0 Å². The van der Waals surface area contributed by atoms with Gasteiger partial charge < -0.3 is 4.74 Å². The minimum Gasteiger partial charge on any atom is -0.378 e. The molecule has 0 spiro atoms. The summed E-state index contributed by atoms with van der Waals surface area (Å²) in [6.07, 6.45) is 0. The van der Waals surface area contributed by atoms with Gasteiger partial charge in [0.05, 0.1) is 37.7 Å². The molecule has 2 rings (SSSR count). The van der Waals surface area contributed by atoms with Crippen molar-refractivity contribution in [1.82, 2.24) is 19.6 Å². The summed E-state index contributed by atoms with van der Waals surface area (Å²) in [5.41, 5.74) is 4.47. The average molecular weight is 262 g/mol. The van der Waals surface area contributed by atoms with Gasteiger partial charge in [0, 0.05) is 11.4 Å². The molecule has 5 nitrogen and oxygen atoms in total. The molecule has 19 heavy (non-hydrogen) atoms. The molecule has 5 heteroatoms. The lowest BCUT2D eigenvalue weighted by atomic mass is 10.4. The fourth-order valence-electron chi connectivity index (χ4n) is 2.21. The number of rotatable bonds is 6. The second-order valence-electron chi connectivity index (χ2n) is 4.91. The third-order valence-corrected chi connectivity index (χ3v) is 3.10. The summed E-state index contributed by atoms with van der Waals surface area (Å²) in [7, 11) is 0. The smallest absolute Gasteiger partial charge is 0.0663 e. The van der Waals surface area contributed by atoms with Gasteiger partial charge in [-0.2, -0.15) is 10.2 Å². The van der Waals surface area contributed by atoms with E-state index < -0.39 is 0 Å². The molecule has 0 aliphatic rings. The number of hydrogen-bond donors (Lipinski definition) is 0. The largest absolute Gasteiger partial charge is 0.378 e. The molecule has 0 bridgehead atoms. The van der Waals surface area contributed by atoms with Crippen LogP contribution in [0.5, 0.6) is 0 Å². The van der Waals surface area contributed by atoms with Gasteiger partial charge >= 0.3 is 0 Å². The van der Waals surface area contributed by atoms with E-state index in [0.29, 0.717) is 13.2 Å². The Hall–Kier alpha value is -1.62. The van der Waals surface area contributed by atoms with E-state index in [-0.39, 0.29) is 0 Å². The van der Waals surface area contributed by atoms with Crippen LogP contribution in [0.4, 0.5) is 0 Å². The van der Waals surface area contributed by atoms with Crippen LogP contribution in [0.25, 0.3) is 0 Å². The normalized spacial score (nSPS) is 11.2. The summed E-state index contributed by atoms with van der Waals surface area (Å²) in [5.74, 6) is 0. The Labute approximate surface area is 114 Å². The van der Waals surface area contributed by atoms with Crippen molar-refractivity contribution in [3.8, 4) is 0 Å². The average Bonchev–Trinajstić information content (AvgIpc) is 2.81. The first kappa shape index (κ1) is 13.8. The van der Waals surface area contributed by atoms with E-state index in [9.17, 15) is 0 Å². The molecule has 2 heterocycles. The number of nitrogens with zero attached hydrogens (tertiary/aromatic N) is 4. The number of aromatic nitrogens is 4. The van der Waals surface area contributed by atoms with E-state index >= 15 is 0 Å². The number of ether oxygens (including phenoxy) is 1. The molecule has 0 amide bonds. The standard InChI is InChI=1S/C14H22N4O/c1-11-9-13(3)17(15-11)5-7-19-8-6-18-14(4)10-12(2)16-18/h9-10H,5-8H2,1-4H3. The molecule has 2 aromatic heterocycles. The van der Waals surface area contributed by atoms with Gasteiger partial charge in [-0.25, -0.2) is 0 Å². The Morgan fingerprint density at radius 1 is 0.842 bits per heavy atom. The third-order valence-electron chi connectivity index (χ3n) is 3.10. The minimum absolute atomic E-state index is 0.682. The quantitative estimate of drug-likeness (QED) is 0.748. The van der Waals surface area contributed by atoms with Crippen LogP contribution in [0.3, 0.4) is 0 Å². The maximum absolute atomic E-state index is 5.65. The van der Waals surface area contributed by atoms with Gasteiger partial charge in [0.15, 0.2) is 0 Å². The van der Waals surface area contributed by atoms with E-state index in [1.165, 1.54) is 11.4 Å². The molecular weight excluding hydrogens is 240 g/mol. The van der Waals surface area contributed by atoms with Crippen molar-refractivity contribution in [2.45, 2.75) is 40.8 Å². The van der Waals surface area contributed by atoms with Crippen molar-refractivity contribution in [3.05, 3.63) is 34.9 Å². The fourth-order valence-corrected chi connectivity index (χ4v) is 2.21. The molecule has 0 saturated carbocycles. The highest BCUT2D eigenvalue weighted by Gasteiger charge is 2.02. The molecule has 0 radical (unpaired) electrons. The van der Waals surface area contributed by atoms with Crippen LogP contribution in [-0.2, 0) is 17.8 Å². The monoisotopic (exact) mass is 262 g/mol. The Balaban J connectivity index is 1.70. The predicted octanol–water partition coefficient (Wildman–Crippen LogP) is 2.03. The Morgan fingerprint density at radius 2 is 1.26 bits per heavy atom. The zero-order valence-corrected chi connectivity index (χ0v) is 12.2. The highest BCUT2D eigenvalue weighted by Crippen LogP contribution is 2.02. The molecule has 0 atom stereocenters. The fraction of sp³-hybridized carbons (Fsp3) is 0.571. The van der Waals surface area contributed by atoms with E-state index in [4.69, 9.17) is 4.74 Å². The summed E-state index contributed by atoms with van der Waals surface area (Å²) >= 11 is 0. The molecule has 0 aliphatic carbocycles. The molecule has 0 N–H and O–H groups in total. The van der Waals surface area contributed by atoms with Crippen LogP contribution in [0.15, 0.2) is 12.1 Å². The summed E-state index contributed by atoms with van der Waals surface area (Å²) in [6.45, 7) is 11.1. The molecule has 2 aromatic rings. The Bertz CT molecular complexity index is 493. The lowest BCUT2D eigenvalue weighted by Crippen LogP contribution is -2.13. The summed E-state index contributed by atoms with van der Waals surface area (Å²) in [5, 5.41) is 8.81. The van der Waals surface area contributed by atoms with Gasteiger partial charge in [0.2, 0.25) is 0 Å². The maximum Gasteiger partial charge on any atom is 0.0663 e. The molecular formula is C14H22N4O. The van der Waals surface area contributed by atoms with Crippen LogP contribution in [0.1, 0.15) is 22.8 Å². The lowest BCUT2D eigenvalue weighted by Gasteiger charge is -2.07. The van der Waals surface area contributed by atoms with E-state index in [0.717, 1.165) is 24.5 Å². The second-order valence-corrected chi connectivity index (χ2v) is 4.91. The summed E-state index contributed by atoms with van der Waals surface area (Å²) < 4.78 is 9.62. The molecule has 0 saturated heterocycles. The van der Waals surface area contributed by atoms with Gasteiger partial charge in [-0.15, -0.1) is 0 Å². The highest BCUT2D eigenvalue weighted by atomic mass is 16.5. The van der Waals surface area contributed by atoms with Crippen LogP contribution in [0.2, 0.25) is 0 Å². The van der Waals surface area contributed by atoms with Crippen LogP contribution in [-0.4, -0.2) is 32.8 Å². The Kier molecular flexibility index (Phi) is 4.37. The van der Waals surface area contributed by atoms with E-state index in [1.54, 1.807) is 0 Å². The van der Waals surface area contributed by atoms with Gasteiger partial charge in [-0.3, -0.25) is 9.36 Å².